The fourth-order valence-electron chi connectivity index (χ4n) is 1.81. The summed E-state index contributed by atoms with van der Waals surface area (Å²) in [6.45, 7) is 0. The summed E-state index contributed by atoms with van der Waals surface area (Å²) < 4.78 is 9.88. The van der Waals surface area contributed by atoms with Crippen molar-refractivity contribution in [2.24, 2.45) is 0 Å². The summed E-state index contributed by atoms with van der Waals surface area (Å²) in [6, 6.07) is 0.808. The first kappa shape index (κ1) is 17.0. The molecule has 1 saturated heterocycles. The van der Waals surface area contributed by atoms with Gasteiger partial charge in [0, 0.05) is 18.7 Å². The molecule has 0 aromatic rings. The number of halogens is 3. The second-order valence-electron chi connectivity index (χ2n) is 3.58. The van der Waals surface area contributed by atoms with Crippen molar-refractivity contribution in [2.45, 2.75) is 24.6 Å². The summed E-state index contributed by atoms with van der Waals surface area (Å²) in [5, 5.41) is 3.26. The van der Waals surface area contributed by atoms with Crippen LogP contribution < -0.4 is 5.32 Å². The van der Waals surface area contributed by atoms with Crippen LogP contribution in [0.1, 0.15) is 6.42 Å². The van der Waals surface area contributed by atoms with Gasteiger partial charge in [-0.3, -0.25) is 0 Å². The molecule has 1 fully saturated rings. The minimum atomic E-state index is -0.278. The second-order valence-corrected chi connectivity index (χ2v) is 38.9. The standard InChI is InChI=1S/C9H13NO3.3HI.V/c1-12-7-4-5(9(11)13-2)3-6-8(7)10-6;;;;/h4,6-8,10H,3H2,1-2H3;3*1H;/q;;;;+3/p-3. The number of methoxy groups -OCH3 is 2. The molecule has 3 unspecified atom stereocenters. The van der Waals surface area contributed by atoms with Crippen LogP contribution in [0.3, 0.4) is 0 Å². The SMILES string of the molecule is COC(=O)C1=CC(OC)C2NC2C1.[I][V]([I])[I]. The summed E-state index contributed by atoms with van der Waals surface area (Å²) in [7, 11) is 3.05. The number of carbonyl (C=O) groups is 1. The van der Waals surface area contributed by atoms with Crippen LogP contribution in [-0.2, 0) is 19.2 Å². The van der Waals surface area contributed by atoms with E-state index in [-0.39, 0.29) is 17.0 Å². The van der Waals surface area contributed by atoms with Gasteiger partial charge in [-0.25, -0.2) is 4.79 Å². The predicted octanol–water partition coefficient (Wildman–Crippen LogP) is 2.50. The van der Waals surface area contributed by atoms with Crippen molar-refractivity contribution in [2.75, 3.05) is 14.2 Å². The van der Waals surface area contributed by atoms with Gasteiger partial charge in [0.15, 0.2) is 0 Å². The van der Waals surface area contributed by atoms with Crippen molar-refractivity contribution in [3.05, 3.63) is 11.6 Å². The molecule has 17 heavy (non-hydrogen) atoms. The van der Waals surface area contributed by atoms with Gasteiger partial charge in [-0.2, -0.15) is 0 Å². The molecule has 1 N–H and O–H groups in total. The van der Waals surface area contributed by atoms with Crippen molar-refractivity contribution in [1.82, 2.24) is 5.32 Å². The third-order valence-electron chi connectivity index (χ3n) is 2.61. The molecule has 98 valence electrons. The Kier molecular flexibility index (Phi) is 8.23. The number of hydrogen-bond acceptors (Lipinski definition) is 4. The quantitative estimate of drug-likeness (QED) is 0.295. The van der Waals surface area contributed by atoms with E-state index in [2.05, 4.69) is 70.0 Å². The van der Waals surface area contributed by atoms with Gasteiger partial charge in [-0.1, -0.05) is 0 Å². The van der Waals surface area contributed by atoms with Gasteiger partial charge < -0.3 is 14.8 Å². The maximum atomic E-state index is 11.2. The zero-order valence-electron chi connectivity index (χ0n) is 9.32. The number of fused-ring (bicyclic) bond motifs is 1. The number of ether oxygens (including phenoxy) is 2. The zero-order valence-corrected chi connectivity index (χ0v) is 17.2. The van der Waals surface area contributed by atoms with Crippen molar-refractivity contribution < 1.29 is 19.2 Å². The Balaban J connectivity index is 0.000000317. The normalized spacial score (nSPS) is 29.8. The molecule has 2 aliphatic rings. The molecule has 0 radical (unpaired) electrons. The van der Waals surface area contributed by atoms with Gasteiger partial charge in [0.1, 0.15) is 0 Å². The number of nitrogens with one attached hydrogen (secondary N) is 1. The Morgan fingerprint density at radius 3 is 2.53 bits per heavy atom. The van der Waals surface area contributed by atoms with Gasteiger partial charge in [0.05, 0.1) is 19.3 Å². The van der Waals surface area contributed by atoms with Crippen LogP contribution in [0.25, 0.3) is 0 Å². The van der Waals surface area contributed by atoms with E-state index in [1.54, 1.807) is 7.11 Å². The van der Waals surface area contributed by atoms with E-state index < -0.39 is 0 Å². The molecule has 0 aromatic heterocycles. The summed E-state index contributed by atoms with van der Waals surface area (Å²) in [4.78, 5) is 10.9. The monoisotopic (exact) mass is 615 g/mol. The van der Waals surface area contributed by atoms with E-state index in [0.717, 1.165) is 12.0 Å². The minimum absolute atomic E-state index is 0.0212. The van der Waals surface area contributed by atoms with Gasteiger partial charge in [0.25, 0.3) is 0 Å². The maximum absolute atomic E-state index is 11.2. The van der Waals surface area contributed by atoms with E-state index in [4.69, 9.17) is 4.74 Å². The van der Waals surface area contributed by atoms with E-state index in [0.29, 0.717) is 12.1 Å². The molecule has 2 rings (SSSR count). The summed E-state index contributed by atoms with van der Waals surface area (Å²) in [6.07, 6.45) is 2.64. The fourth-order valence-corrected chi connectivity index (χ4v) is 1.81. The van der Waals surface area contributed by atoms with Crippen molar-refractivity contribution in [1.29, 1.82) is 0 Å². The third kappa shape index (κ3) is 5.82. The zero-order chi connectivity index (χ0) is 13.0. The van der Waals surface area contributed by atoms with Crippen LogP contribution >= 0.6 is 59.9 Å². The molecule has 1 aliphatic carbocycles. The van der Waals surface area contributed by atoms with Crippen molar-refractivity contribution >= 4 is 65.9 Å². The summed E-state index contributed by atoms with van der Waals surface area (Å²) >= 11 is 7.39. The molecule has 3 atom stereocenters. The topological polar surface area (TPSA) is 57.5 Å². The van der Waals surface area contributed by atoms with Gasteiger partial charge in [0.2, 0.25) is 0 Å². The Morgan fingerprint density at radius 1 is 1.47 bits per heavy atom. The average Bonchev–Trinajstić information content (AvgIpc) is 3.04. The summed E-state index contributed by atoms with van der Waals surface area (Å²) in [5.74, 6) is -0.241. The molecular weight excluding hydrogens is 602 g/mol. The molecule has 1 heterocycles. The molecule has 0 bridgehead atoms. The Morgan fingerprint density at radius 2 is 2.06 bits per heavy atom. The fraction of sp³-hybridized carbons (Fsp3) is 0.667. The Hall–Kier alpha value is 1.90. The molecule has 0 amide bonds. The Bertz CT molecular complexity index is 311. The molecular formula is C9H13I3NO3V. The van der Waals surface area contributed by atoms with Crippen LogP contribution in [-0.4, -0.2) is 38.4 Å². The first-order valence-corrected chi connectivity index (χ1v) is 18.4. The van der Waals surface area contributed by atoms with Gasteiger partial charge >= 0.3 is 70.8 Å². The average molecular weight is 615 g/mol. The predicted molar refractivity (Wildman–Crippen MR) is 88.3 cm³/mol. The number of hydrogen-bond donors (Lipinski definition) is 1. The molecule has 8 heteroatoms. The third-order valence-corrected chi connectivity index (χ3v) is 2.61. The van der Waals surface area contributed by atoms with Crippen molar-refractivity contribution in [3.63, 3.8) is 0 Å². The van der Waals surface area contributed by atoms with Gasteiger partial charge in [-0.15, -0.1) is 0 Å². The molecule has 4 nitrogen and oxygen atoms in total. The molecule has 0 saturated carbocycles. The second kappa shape index (κ2) is 8.25. The Labute approximate surface area is 139 Å². The van der Waals surface area contributed by atoms with E-state index in [9.17, 15) is 4.79 Å². The van der Waals surface area contributed by atoms with E-state index >= 15 is 0 Å². The molecule has 1 aliphatic heterocycles. The number of carbonyl (C=O) groups excluding carboxylic acids is 1. The molecule has 0 aromatic carbocycles. The van der Waals surface area contributed by atoms with Crippen LogP contribution in [0.2, 0.25) is 0 Å². The van der Waals surface area contributed by atoms with E-state index in [1.165, 1.54) is 7.11 Å². The molecule has 0 spiro atoms. The van der Waals surface area contributed by atoms with Crippen LogP contribution in [0.15, 0.2) is 11.6 Å². The summed E-state index contributed by atoms with van der Waals surface area (Å²) in [5.41, 5.74) is 0.723. The van der Waals surface area contributed by atoms with E-state index in [1.807, 2.05) is 6.08 Å². The van der Waals surface area contributed by atoms with Crippen LogP contribution in [0, 0.1) is 0 Å². The first-order valence-electron chi connectivity index (χ1n) is 4.85. The van der Waals surface area contributed by atoms with Crippen LogP contribution in [0.5, 0.6) is 0 Å². The van der Waals surface area contributed by atoms with Crippen LogP contribution in [0.4, 0.5) is 0 Å². The van der Waals surface area contributed by atoms with Gasteiger partial charge in [-0.05, 0) is 12.5 Å². The van der Waals surface area contributed by atoms with Crippen molar-refractivity contribution in [3.8, 4) is 0 Å². The first-order chi connectivity index (χ1) is 7.99. The number of rotatable bonds is 2. The number of esters is 1.